The molecule has 0 heterocycles. The van der Waals surface area contributed by atoms with Crippen LogP contribution in [0, 0.1) is 0 Å². The molecule has 0 bridgehead atoms. The van der Waals surface area contributed by atoms with E-state index in [2.05, 4.69) is 34.9 Å². The average Bonchev–Trinajstić information content (AvgIpc) is 2.56. The van der Waals surface area contributed by atoms with Crippen LogP contribution < -0.4 is 10.6 Å². The summed E-state index contributed by atoms with van der Waals surface area (Å²) in [6, 6.07) is 14.4. The lowest BCUT2D eigenvalue weighted by Gasteiger charge is -2.17. The number of hydrogen-bond donors (Lipinski definition) is 2. The number of nitrogens with zero attached hydrogens (tertiary/aromatic N) is 1. The van der Waals surface area contributed by atoms with Gasteiger partial charge in [-0.25, -0.2) is 0 Å². The third-order valence-corrected chi connectivity index (χ3v) is 3.79. The molecule has 0 radical (unpaired) electrons. The van der Waals surface area contributed by atoms with E-state index in [1.807, 2.05) is 25.1 Å². The van der Waals surface area contributed by atoms with Crippen molar-refractivity contribution in [1.29, 1.82) is 0 Å². The maximum absolute atomic E-state index is 11.8. The minimum atomic E-state index is -0.188. The molecule has 1 atom stereocenters. The third-order valence-electron chi connectivity index (χ3n) is 3.79. The molecule has 5 heteroatoms. The molecule has 0 saturated heterocycles. The van der Waals surface area contributed by atoms with Gasteiger partial charge in [0.1, 0.15) is 0 Å². The first kappa shape index (κ1) is 17.0. The zero-order valence-corrected chi connectivity index (χ0v) is 13.8. The fourth-order valence-corrected chi connectivity index (χ4v) is 2.38. The molecule has 2 amide bonds. The molecule has 0 saturated carbocycles. The Balaban J connectivity index is 1.92. The molecule has 2 rings (SSSR count). The number of carbonyl (C=O) groups excluding carboxylic acids is 2. The fourth-order valence-electron chi connectivity index (χ4n) is 2.38. The van der Waals surface area contributed by atoms with E-state index in [0.29, 0.717) is 0 Å². The number of rotatable bonds is 6. The Morgan fingerprint density at radius 3 is 2.48 bits per heavy atom. The van der Waals surface area contributed by atoms with Gasteiger partial charge in [0.05, 0.1) is 13.1 Å². The van der Waals surface area contributed by atoms with Gasteiger partial charge in [-0.05, 0) is 23.3 Å². The molecule has 0 aliphatic rings. The van der Waals surface area contributed by atoms with E-state index < -0.39 is 0 Å². The van der Waals surface area contributed by atoms with Crippen LogP contribution in [-0.4, -0.2) is 43.9 Å². The highest BCUT2D eigenvalue weighted by Gasteiger charge is 2.11. The van der Waals surface area contributed by atoms with Crippen molar-refractivity contribution in [2.45, 2.75) is 13.0 Å². The van der Waals surface area contributed by atoms with Crippen LogP contribution in [0.2, 0.25) is 0 Å². The quantitative estimate of drug-likeness (QED) is 0.853. The van der Waals surface area contributed by atoms with Crippen LogP contribution in [0.1, 0.15) is 18.5 Å². The molecule has 0 aliphatic heterocycles. The third kappa shape index (κ3) is 4.53. The number of nitrogens with one attached hydrogen (secondary N) is 2. The largest absolute Gasteiger partial charge is 0.347 e. The molecule has 0 spiro atoms. The van der Waals surface area contributed by atoms with Crippen LogP contribution in [0.15, 0.2) is 42.5 Å². The van der Waals surface area contributed by atoms with Crippen molar-refractivity contribution in [3.05, 3.63) is 48.0 Å². The fraction of sp³-hybridized carbons (Fsp3) is 0.333. The summed E-state index contributed by atoms with van der Waals surface area (Å²) < 4.78 is 0. The minimum Gasteiger partial charge on any atom is -0.347 e. The second kappa shape index (κ2) is 7.74. The topological polar surface area (TPSA) is 61.4 Å². The number of amides is 2. The molecule has 122 valence electrons. The van der Waals surface area contributed by atoms with E-state index in [4.69, 9.17) is 0 Å². The van der Waals surface area contributed by atoms with Crippen LogP contribution in [0.25, 0.3) is 10.8 Å². The standard InChI is InChI=1S/C18H23N3O2/c1-13(19-11-17(22)20-12-18(23)21(2)3)15-10-6-8-14-7-4-5-9-16(14)15/h4-10,13,19H,11-12H2,1-3H3,(H,20,22)/t13-/m1/s1. The number of carbonyl (C=O) groups is 2. The lowest BCUT2D eigenvalue weighted by Crippen LogP contribution is -2.40. The van der Waals surface area contributed by atoms with Gasteiger partial charge in [0.15, 0.2) is 0 Å². The predicted molar refractivity (Wildman–Crippen MR) is 92.1 cm³/mol. The minimum absolute atomic E-state index is 0.0240. The second-order valence-electron chi connectivity index (χ2n) is 5.74. The highest BCUT2D eigenvalue weighted by molar-refractivity contribution is 5.87. The van der Waals surface area contributed by atoms with Crippen molar-refractivity contribution >= 4 is 22.6 Å². The van der Waals surface area contributed by atoms with Crippen molar-refractivity contribution in [3.8, 4) is 0 Å². The van der Waals surface area contributed by atoms with Crippen molar-refractivity contribution in [1.82, 2.24) is 15.5 Å². The highest BCUT2D eigenvalue weighted by atomic mass is 16.2. The molecular weight excluding hydrogens is 290 g/mol. The molecule has 0 fully saturated rings. The summed E-state index contributed by atoms with van der Waals surface area (Å²) in [6.45, 7) is 2.22. The molecule has 2 N–H and O–H groups in total. The van der Waals surface area contributed by atoms with Gasteiger partial charge >= 0.3 is 0 Å². The van der Waals surface area contributed by atoms with Gasteiger partial charge in [0.25, 0.3) is 0 Å². The van der Waals surface area contributed by atoms with Gasteiger partial charge in [-0.2, -0.15) is 0 Å². The zero-order valence-electron chi connectivity index (χ0n) is 13.8. The van der Waals surface area contributed by atoms with Crippen LogP contribution >= 0.6 is 0 Å². The normalized spacial score (nSPS) is 12.0. The van der Waals surface area contributed by atoms with E-state index >= 15 is 0 Å². The molecule has 5 nitrogen and oxygen atoms in total. The number of likely N-dealkylation sites (N-methyl/N-ethyl adjacent to an activating group) is 1. The van der Waals surface area contributed by atoms with Gasteiger partial charge in [-0.1, -0.05) is 42.5 Å². The Hall–Kier alpha value is -2.40. The lowest BCUT2D eigenvalue weighted by atomic mass is 10.00. The van der Waals surface area contributed by atoms with E-state index in [1.165, 1.54) is 15.7 Å². The summed E-state index contributed by atoms with van der Waals surface area (Å²) in [7, 11) is 3.32. The van der Waals surface area contributed by atoms with Gasteiger partial charge in [-0.15, -0.1) is 0 Å². The Kier molecular flexibility index (Phi) is 5.71. The van der Waals surface area contributed by atoms with Crippen LogP contribution in [0.5, 0.6) is 0 Å². The monoisotopic (exact) mass is 313 g/mol. The van der Waals surface area contributed by atoms with Gasteiger partial charge in [0.2, 0.25) is 11.8 Å². The van der Waals surface area contributed by atoms with Crippen molar-refractivity contribution < 1.29 is 9.59 Å². The maximum atomic E-state index is 11.8. The number of benzene rings is 2. The molecule has 2 aromatic rings. The Bertz CT molecular complexity index is 692. The molecule has 23 heavy (non-hydrogen) atoms. The van der Waals surface area contributed by atoms with Crippen LogP contribution in [-0.2, 0) is 9.59 Å². The summed E-state index contributed by atoms with van der Waals surface area (Å²) in [4.78, 5) is 24.7. The van der Waals surface area contributed by atoms with Crippen molar-refractivity contribution in [2.24, 2.45) is 0 Å². The first-order valence-electron chi connectivity index (χ1n) is 7.67. The van der Waals surface area contributed by atoms with E-state index in [-0.39, 0.29) is 30.9 Å². The smallest absolute Gasteiger partial charge is 0.241 e. The molecular formula is C18H23N3O2. The summed E-state index contributed by atoms with van der Waals surface area (Å²) in [5, 5.41) is 8.18. The molecule has 0 aliphatic carbocycles. The summed E-state index contributed by atoms with van der Waals surface area (Å²) in [6.07, 6.45) is 0. The van der Waals surface area contributed by atoms with E-state index in [1.54, 1.807) is 14.1 Å². The Morgan fingerprint density at radius 2 is 1.74 bits per heavy atom. The molecule has 2 aromatic carbocycles. The van der Waals surface area contributed by atoms with Crippen molar-refractivity contribution in [2.75, 3.05) is 27.2 Å². The lowest BCUT2D eigenvalue weighted by molar-refractivity contribution is -0.130. The van der Waals surface area contributed by atoms with Crippen LogP contribution in [0.4, 0.5) is 0 Å². The maximum Gasteiger partial charge on any atom is 0.241 e. The Morgan fingerprint density at radius 1 is 1.04 bits per heavy atom. The molecule has 0 aromatic heterocycles. The highest BCUT2D eigenvalue weighted by Crippen LogP contribution is 2.23. The zero-order chi connectivity index (χ0) is 16.8. The SMILES string of the molecule is C[C@@H](NCC(=O)NCC(=O)N(C)C)c1cccc2ccccc12. The predicted octanol–water partition coefficient (Wildman–Crippen LogP) is 1.69. The van der Waals surface area contributed by atoms with E-state index in [9.17, 15) is 9.59 Å². The second-order valence-corrected chi connectivity index (χ2v) is 5.74. The van der Waals surface area contributed by atoms with Crippen molar-refractivity contribution in [3.63, 3.8) is 0 Å². The van der Waals surface area contributed by atoms with Gasteiger partial charge < -0.3 is 15.5 Å². The first-order valence-corrected chi connectivity index (χ1v) is 7.67. The Labute approximate surface area is 136 Å². The first-order chi connectivity index (χ1) is 11.0. The van der Waals surface area contributed by atoms with Gasteiger partial charge in [0, 0.05) is 20.1 Å². The summed E-state index contributed by atoms with van der Waals surface area (Å²) in [5.41, 5.74) is 1.15. The summed E-state index contributed by atoms with van der Waals surface area (Å²) >= 11 is 0. The number of hydrogen-bond acceptors (Lipinski definition) is 3. The van der Waals surface area contributed by atoms with E-state index in [0.717, 1.165) is 5.56 Å². The summed E-state index contributed by atoms with van der Waals surface area (Å²) in [5.74, 6) is -0.312. The molecule has 0 unspecified atom stereocenters. The van der Waals surface area contributed by atoms with Gasteiger partial charge in [-0.3, -0.25) is 9.59 Å². The average molecular weight is 313 g/mol. The van der Waals surface area contributed by atoms with Crippen LogP contribution in [0.3, 0.4) is 0 Å². The number of fused-ring (bicyclic) bond motifs is 1.